The Morgan fingerprint density at radius 3 is 2.80 bits per heavy atom. The minimum absolute atomic E-state index is 0.216. The third kappa shape index (κ3) is 3.80. The number of carbonyl (C=O) groups excluding carboxylic acids is 1. The minimum atomic E-state index is -0.549. The van der Waals surface area contributed by atoms with Crippen LogP contribution in [0, 0.1) is 5.41 Å². The highest BCUT2D eigenvalue weighted by Crippen LogP contribution is 2.19. The molecule has 0 amide bonds. The molecule has 1 aliphatic rings. The van der Waals surface area contributed by atoms with E-state index in [0.717, 1.165) is 25.9 Å². The highest BCUT2D eigenvalue weighted by Gasteiger charge is 2.30. The van der Waals surface area contributed by atoms with Crippen molar-refractivity contribution >= 4 is 5.97 Å². The number of hydrogen-bond donors (Lipinski definition) is 1. The van der Waals surface area contributed by atoms with E-state index >= 15 is 0 Å². The lowest BCUT2D eigenvalue weighted by atomic mass is 9.95. The van der Waals surface area contributed by atoms with Gasteiger partial charge in [0, 0.05) is 6.54 Å². The molecule has 4 nitrogen and oxygen atoms in total. The number of methoxy groups -OCH3 is 1. The quantitative estimate of drug-likeness (QED) is 0.709. The average molecular weight is 215 g/mol. The molecule has 0 saturated carbocycles. The van der Waals surface area contributed by atoms with Gasteiger partial charge in [0.2, 0.25) is 0 Å². The maximum Gasteiger partial charge on any atom is 0.313 e. The molecule has 1 saturated heterocycles. The maximum atomic E-state index is 11.4. The van der Waals surface area contributed by atoms with Gasteiger partial charge < -0.3 is 14.8 Å². The van der Waals surface area contributed by atoms with Crippen LogP contribution in [0.2, 0.25) is 0 Å². The van der Waals surface area contributed by atoms with Crippen LogP contribution in [-0.4, -0.2) is 38.9 Å². The summed E-state index contributed by atoms with van der Waals surface area (Å²) < 4.78 is 10.4. The van der Waals surface area contributed by atoms with Crippen molar-refractivity contribution in [2.45, 2.75) is 32.8 Å². The van der Waals surface area contributed by atoms with Crippen molar-refractivity contribution in [1.82, 2.24) is 5.32 Å². The third-order valence-corrected chi connectivity index (χ3v) is 2.67. The number of esters is 1. The highest BCUT2D eigenvalue weighted by molar-refractivity contribution is 5.75. The molecule has 88 valence electrons. The zero-order valence-electron chi connectivity index (χ0n) is 9.84. The Morgan fingerprint density at radius 1 is 1.53 bits per heavy atom. The molecule has 0 aromatic rings. The first kappa shape index (κ1) is 12.5. The molecule has 0 spiro atoms. The van der Waals surface area contributed by atoms with Gasteiger partial charge in [-0.15, -0.1) is 0 Å². The van der Waals surface area contributed by atoms with Gasteiger partial charge >= 0.3 is 5.97 Å². The van der Waals surface area contributed by atoms with Gasteiger partial charge in [0.1, 0.15) is 0 Å². The zero-order valence-corrected chi connectivity index (χ0v) is 9.84. The molecule has 0 aromatic heterocycles. The predicted octanol–water partition coefficient (Wildman–Crippen LogP) is 0.954. The molecule has 1 heterocycles. The van der Waals surface area contributed by atoms with Crippen molar-refractivity contribution < 1.29 is 14.3 Å². The molecule has 1 N–H and O–H groups in total. The van der Waals surface area contributed by atoms with E-state index in [4.69, 9.17) is 9.47 Å². The van der Waals surface area contributed by atoms with Gasteiger partial charge in [0.05, 0.1) is 25.2 Å². The third-order valence-electron chi connectivity index (χ3n) is 2.67. The smallest absolute Gasteiger partial charge is 0.313 e. The van der Waals surface area contributed by atoms with Crippen LogP contribution in [0.3, 0.4) is 0 Å². The predicted molar refractivity (Wildman–Crippen MR) is 57.6 cm³/mol. The fraction of sp³-hybridized carbons (Fsp3) is 0.909. The maximum absolute atomic E-state index is 11.4. The van der Waals surface area contributed by atoms with Crippen LogP contribution in [0.4, 0.5) is 0 Å². The number of nitrogens with one attached hydrogen (secondary N) is 1. The summed E-state index contributed by atoms with van der Waals surface area (Å²) in [5.41, 5.74) is -0.549. The molecule has 15 heavy (non-hydrogen) atoms. The lowest BCUT2D eigenvalue weighted by Crippen LogP contribution is -2.39. The summed E-state index contributed by atoms with van der Waals surface area (Å²) in [4.78, 5) is 11.4. The summed E-state index contributed by atoms with van der Waals surface area (Å²) in [6.07, 6.45) is 2.45. The summed E-state index contributed by atoms with van der Waals surface area (Å²) in [5.74, 6) is -0.216. The Bertz CT molecular complexity index is 210. The van der Waals surface area contributed by atoms with Crippen molar-refractivity contribution in [3.05, 3.63) is 0 Å². The first-order valence-electron chi connectivity index (χ1n) is 5.47. The molecule has 0 aromatic carbocycles. The van der Waals surface area contributed by atoms with Crippen molar-refractivity contribution in [3.63, 3.8) is 0 Å². The molecule has 1 fully saturated rings. The van der Waals surface area contributed by atoms with Crippen LogP contribution in [0.1, 0.15) is 26.7 Å². The first-order chi connectivity index (χ1) is 7.06. The summed E-state index contributed by atoms with van der Waals surface area (Å²) in [6, 6.07) is 0. The fourth-order valence-electron chi connectivity index (χ4n) is 1.62. The normalized spacial score (nSPS) is 22.5. The zero-order chi connectivity index (χ0) is 11.3. The van der Waals surface area contributed by atoms with E-state index in [9.17, 15) is 4.79 Å². The van der Waals surface area contributed by atoms with E-state index in [0.29, 0.717) is 6.61 Å². The lowest BCUT2D eigenvalue weighted by molar-refractivity contribution is -0.155. The van der Waals surface area contributed by atoms with E-state index in [-0.39, 0.29) is 12.1 Å². The van der Waals surface area contributed by atoms with Crippen molar-refractivity contribution in [2.24, 2.45) is 5.41 Å². The Kier molecular flexibility index (Phi) is 4.54. The highest BCUT2D eigenvalue weighted by atomic mass is 16.5. The van der Waals surface area contributed by atoms with E-state index < -0.39 is 5.41 Å². The van der Waals surface area contributed by atoms with Gasteiger partial charge in [-0.2, -0.15) is 0 Å². The monoisotopic (exact) mass is 215 g/mol. The van der Waals surface area contributed by atoms with Crippen LogP contribution < -0.4 is 5.32 Å². The second kappa shape index (κ2) is 5.47. The molecule has 0 aliphatic carbocycles. The van der Waals surface area contributed by atoms with E-state index in [2.05, 4.69) is 5.32 Å². The summed E-state index contributed by atoms with van der Waals surface area (Å²) in [5, 5.41) is 3.27. The van der Waals surface area contributed by atoms with Crippen molar-refractivity contribution in [1.29, 1.82) is 0 Å². The van der Waals surface area contributed by atoms with Crippen LogP contribution >= 0.6 is 0 Å². The summed E-state index contributed by atoms with van der Waals surface area (Å²) >= 11 is 0. The average Bonchev–Trinajstić information content (AvgIpc) is 2.27. The Balaban J connectivity index is 2.31. The van der Waals surface area contributed by atoms with Gasteiger partial charge in [0.25, 0.3) is 0 Å². The Hall–Kier alpha value is -0.610. The number of piperidine rings is 1. The van der Waals surface area contributed by atoms with Crippen molar-refractivity contribution in [3.8, 4) is 0 Å². The van der Waals surface area contributed by atoms with E-state index in [1.54, 1.807) is 0 Å². The Morgan fingerprint density at radius 2 is 2.27 bits per heavy atom. The molecule has 1 unspecified atom stereocenters. The van der Waals surface area contributed by atoms with Crippen LogP contribution in [-0.2, 0) is 14.3 Å². The lowest BCUT2D eigenvalue weighted by Gasteiger charge is -2.27. The number of rotatable bonds is 4. The SMILES string of the molecule is COC(=O)C(C)(C)COC1CCCNC1. The van der Waals surface area contributed by atoms with E-state index in [1.807, 2.05) is 13.8 Å². The summed E-state index contributed by atoms with van der Waals surface area (Å²) in [6.45, 7) is 6.06. The fourth-order valence-corrected chi connectivity index (χ4v) is 1.62. The van der Waals surface area contributed by atoms with Gasteiger partial charge in [-0.3, -0.25) is 4.79 Å². The second-order valence-electron chi connectivity index (χ2n) is 4.65. The number of carbonyl (C=O) groups is 1. The molecule has 1 atom stereocenters. The standard InChI is InChI=1S/C11H21NO3/c1-11(2,10(13)14-3)8-15-9-5-4-6-12-7-9/h9,12H,4-8H2,1-3H3. The largest absolute Gasteiger partial charge is 0.469 e. The molecule has 4 heteroatoms. The van der Waals surface area contributed by atoms with E-state index in [1.165, 1.54) is 7.11 Å². The molecular weight excluding hydrogens is 194 g/mol. The molecule has 1 rings (SSSR count). The van der Waals surface area contributed by atoms with Gasteiger partial charge in [-0.1, -0.05) is 0 Å². The van der Waals surface area contributed by atoms with Crippen molar-refractivity contribution in [2.75, 3.05) is 26.8 Å². The minimum Gasteiger partial charge on any atom is -0.469 e. The van der Waals surface area contributed by atoms with Gasteiger partial charge in [-0.25, -0.2) is 0 Å². The topological polar surface area (TPSA) is 47.6 Å². The van der Waals surface area contributed by atoms with Crippen LogP contribution in [0.5, 0.6) is 0 Å². The van der Waals surface area contributed by atoms with Gasteiger partial charge in [0.15, 0.2) is 0 Å². The Labute approximate surface area is 91.3 Å². The second-order valence-corrected chi connectivity index (χ2v) is 4.65. The van der Waals surface area contributed by atoms with Gasteiger partial charge in [-0.05, 0) is 33.2 Å². The first-order valence-corrected chi connectivity index (χ1v) is 5.47. The van der Waals surface area contributed by atoms with Crippen LogP contribution in [0.25, 0.3) is 0 Å². The number of hydrogen-bond acceptors (Lipinski definition) is 4. The molecular formula is C11H21NO3. The molecule has 0 radical (unpaired) electrons. The molecule has 1 aliphatic heterocycles. The number of ether oxygens (including phenoxy) is 2. The van der Waals surface area contributed by atoms with Crippen LogP contribution in [0.15, 0.2) is 0 Å². The summed E-state index contributed by atoms with van der Waals surface area (Å²) in [7, 11) is 1.41. The molecule has 0 bridgehead atoms.